The lowest BCUT2D eigenvalue weighted by Crippen LogP contribution is -2.40. The van der Waals surface area contributed by atoms with Crippen LogP contribution in [0.25, 0.3) is 0 Å². The molecule has 0 saturated carbocycles. The number of anilines is 1. The molecule has 4 heteroatoms. The van der Waals surface area contributed by atoms with Crippen LogP contribution in [0.2, 0.25) is 0 Å². The van der Waals surface area contributed by atoms with E-state index in [9.17, 15) is 9.59 Å². The second-order valence-corrected chi connectivity index (χ2v) is 6.22. The zero-order valence-electron chi connectivity index (χ0n) is 12.9. The molecule has 112 valence electrons. The lowest BCUT2D eigenvalue weighted by atomic mass is 10.1. The van der Waals surface area contributed by atoms with Crippen molar-refractivity contribution in [2.24, 2.45) is 0 Å². The number of hydrogen-bond donors (Lipinski definition) is 0. The Morgan fingerprint density at radius 1 is 1.29 bits per heavy atom. The summed E-state index contributed by atoms with van der Waals surface area (Å²) in [4.78, 5) is 25.2. The van der Waals surface area contributed by atoms with Gasteiger partial charge in [-0.1, -0.05) is 24.3 Å². The maximum atomic E-state index is 12.5. The van der Waals surface area contributed by atoms with Crippen molar-refractivity contribution < 1.29 is 14.3 Å². The van der Waals surface area contributed by atoms with Gasteiger partial charge in [0.15, 0.2) is 5.78 Å². The summed E-state index contributed by atoms with van der Waals surface area (Å²) in [5, 5.41) is 0. The second-order valence-electron chi connectivity index (χ2n) is 6.22. The van der Waals surface area contributed by atoms with Gasteiger partial charge in [-0.15, -0.1) is 0 Å². The van der Waals surface area contributed by atoms with E-state index < -0.39 is 5.60 Å². The van der Waals surface area contributed by atoms with E-state index in [1.54, 1.807) is 11.0 Å². The molecule has 2 rings (SSSR count). The molecule has 0 radical (unpaired) electrons. The summed E-state index contributed by atoms with van der Waals surface area (Å²) < 4.78 is 5.48. The third kappa shape index (κ3) is 3.72. The molecule has 0 unspecified atom stereocenters. The number of hydrogen-bond acceptors (Lipinski definition) is 3. The largest absolute Gasteiger partial charge is 0.443 e. The van der Waals surface area contributed by atoms with Gasteiger partial charge in [-0.3, -0.25) is 9.69 Å². The van der Waals surface area contributed by atoms with Gasteiger partial charge in [0.2, 0.25) is 0 Å². The predicted octanol–water partition coefficient (Wildman–Crippen LogP) is 3.50. The molecule has 21 heavy (non-hydrogen) atoms. The quantitative estimate of drug-likeness (QED) is 0.782. The van der Waals surface area contributed by atoms with E-state index in [-0.39, 0.29) is 17.9 Å². The van der Waals surface area contributed by atoms with Crippen LogP contribution < -0.4 is 4.90 Å². The van der Waals surface area contributed by atoms with Crippen LogP contribution in [0.5, 0.6) is 0 Å². The molecule has 0 fully saturated rings. The number of ketones is 1. The van der Waals surface area contributed by atoms with E-state index in [0.717, 1.165) is 11.3 Å². The molecule has 1 aliphatic rings. The number of amides is 1. The molecule has 1 aromatic rings. The van der Waals surface area contributed by atoms with E-state index in [4.69, 9.17) is 4.74 Å². The van der Waals surface area contributed by atoms with E-state index in [2.05, 4.69) is 0 Å². The highest BCUT2D eigenvalue weighted by molar-refractivity contribution is 5.93. The first-order chi connectivity index (χ1) is 9.78. The molecule has 0 N–H and O–H groups in total. The maximum absolute atomic E-state index is 12.5. The molecule has 0 aromatic heterocycles. The van der Waals surface area contributed by atoms with Crippen LogP contribution in [0, 0.1) is 0 Å². The Balaban J connectivity index is 2.31. The van der Waals surface area contributed by atoms with Gasteiger partial charge in [0.1, 0.15) is 5.60 Å². The fourth-order valence-electron chi connectivity index (χ4n) is 2.36. The van der Waals surface area contributed by atoms with Gasteiger partial charge >= 0.3 is 6.09 Å². The molecule has 4 nitrogen and oxygen atoms in total. The number of fused-ring (bicyclic) bond motifs is 1. The Labute approximate surface area is 125 Å². The van der Waals surface area contributed by atoms with Crippen molar-refractivity contribution in [1.82, 2.24) is 0 Å². The fourth-order valence-corrected chi connectivity index (χ4v) is 2.36. The topological polar surface area (TPSA) is 46.6 Å². The summed E-state index contributed by atoms with van der Waals surface area (Å²) in [7, 11) is 0. The molecule has 1 amide bonds. The number of ether oxygens (including phenoxy) is 1. The minimum atomic E-state index is -0.552. The highest BCUT2D eigenvalue weighted by Crippen LogP contribution is 2.33. The molecule has 1 atom stereocenters. The van der Waals surface area contributed by atoms with Crippen molar-refractivity contribution in [3.63, 3.8) is 0 Å². The fraction of sp³-hybridized carbons (Fsp3) is 0.412. The van der Waals surface area contributed by atoms with Crippen molar-refractivity contribution in [2.45, 2.75) is 45.8 Å². The summed E-state index contributed by atoms with van der Waals surface area (Å²) in [6.07, 6.45) is 3.59. The zero-order valence-corrected chi connectivity index (χ0v) is 12.9. The first kappa shape index (κ1) is 15.3. The van der Waals surface area contributed by atoms with Crippen LogP contribution in [-0.2, 0) is 16.0 Å². The van der Waals surface area contributed by atoms with E-state index in [1.165, 1.54) is 13.0 Å². The van der Waals surface area contributed by atoms with Crippen LogP contribution in [0.3, 0.4) is 0 Å². The Morgan fingerprint density at radius 2 is 1.95 bits per heavy atom. The highest BCUT2D eigenvalue weighted by atomic mass is 16.6. The maximum Gasteiger partial charge on any atom is 0.415 e. The van der Waals surface area contributed by atoms with Crippen LogP contribution in [0.4, 0.5) is 10.5 Å². The number of rotatable bonds is 2. The number of carbonyl (C=O) groups excluding carboxylic acids is 2. The number of benzene rings is 1. The first-order valence-corrected chi connectivity index (χ1v) is 7.07. The average molecular weight is 287 g/mol. The third-order valence-electron chi connectivity index (χ3n) is 3.16. The Bertz CT molecular complexity index is 584. The molecule has 1 heterocycles. The predicted molar refractivity (Wildman–Crippen MR) is 82.5 cm³/mol. The molecular formula is C17H21NO3. The van der Waals surface area contributed by atoms with Gasteiger partial charge in [-0.25, -0.2) is 4.79 Å². The summed E-state index contributed by atoms with van der Waals surface area (Å²) >= 11 is 0. The molecule has 0 aliphatic carbocycles. The third-order valence-corrected chi connectivity index (χ3v) is 3.16. The number of para-hydroxylation sites is 1. The Hall–Kier alpha value is -2.10. The van der Waals surface area contributed by atoms with E-state index in [1.807, 2.05) is 45.0 Å². The molecule has 0 saturated heterocycles. The SMILES string of the molecule is CC(=O)/C=C/[C@H]1Cc2ccccc2N1C(=O)OC(C)(C)C. The highest BCUT2D eigenvalue weighted by Gasteiger charge is 2.34. The van der Waals surface area contributed by atoms with Gasteiger partial charge in [0, 0.05) is 0 Å². The van der Waals surface area contributed by atoms with Gasteiger partial charge in [-0.05, 0) is 51.8 Å². The molecular weight excluding hydrogens is 266 g/mol. The minimum absolute atomic E-state index is 0.0323. The Kier molecular flexibility index (Phi) is 4.16. The van der Waals surface area contributed by atoms with E-state index >= 15 is 0 Å². The first-order valence-electron chi connectivity index (χ1n) is 7.07. The van der Waals surface area contributed by atoms with Gasteiger partial charge in [-0.2, -0.15) is 0 Å². The molecule has 1 aliphatic heterocycles. The zero-order chi connectivity index (χ0) is 15.6. The minimum Gasteiger partial charge on any atom is -0.443 e. The number of nitrogens with zero attached hydrogens (tertiary/aromatic N) is 1. The van der Waals surface area contributed by atoms with Crippen molar-refractivity contribution in [3.05, 3.63) is 42.0 Å². The van der Waals surface area contributed by atoms with Gasteiger partial charge < -0.3 is 4.74 Å². The van der Waals surface area contributed by atoms with Crippen molar-refractivity contribution in [2.75, 3.05) is 4.90 Å². The second kappa shape index (κ2) is 5.72. The van der Waals surface area contributed by atoms with Gasteiger partial charge in [0.05, 0.1) is 11.7 Å². The molecule has 0 bridgehead atoms. The summed E-state index contributed by atoms with van der Waals surface area (Å²) in [6.45, 7) is 7.02. The van der Waals surface area contributed by atoms with Crippen LogP contribution in [0.1, 0.15) is 33.3 Å². The lowest BCUT2D eigenvalue weighted by Gasteiger charge is -2.27. The standard InChI is InChI=1S/C17H21NO3/c1-12(19)9-10-14-11-13-7-5-6-8-15(13)18(14)16(20)21-17(2,3)4/h5-10,14H,11H2,1-4H3/b10-9+/t14-/m0/s1. The molecule has 0 spiro atoms. The summed E-state index contributed by atoms with van der Waals surface area (Å²) in [5.74, 6) is -0.0323. The van der Waals surface area contributed by atoms with E-state index in [0.29, 0.717) is 6.42 Å². The number of carbonyl (C=O) groups is 2. The summed E-state index contributed by atoms with van der Waals surface area (Å²) in [6, 6.07) is 7.56. The summed E-state index contributed by atoms with van der Waals surface area (Å²) in [5.41, 5.74) is 1.38. The van der Waals surface area contributed by atoms with Crippen LogP contribution in [-0.4, -0.2) is 23.5 Å². The van der Waals surface area contributed by atoms with Crippen LogP contribution in [0.15, 0.2) is 36.4 Å². The average Bonchev–Trinajstić information content (AvgIpc) is 2.72. The number of allylic oxidation sites excluding steroid dienone is 1. The van der Waals surface area contributed by atoms with Gasteiger partial charge in [0.25, 0.3) is 0 Å². The van der Waals surface area contributed by atoms with Crippen molar-refractivity contribution in [3.8, 4) is 0 Å². The monoisotopic (exact) mass is 287 g/mol. The molecule has 1 aromatic carbocycles. The van der Waals surface area contributed by atoms with Crippen molar-refractivity contribution in [1.29, 1.82) is 0 Å². The van der Waals surface area contributed by atoms with Crippen LogP contribution >= 0.6 is 0 Å². The van der Waals surface area contributed by atoms with Crippen molar-refractivity contribution >= 4 is 17.6 Å². The smallest absolute Gasteiger partial charge is 0.415 e. The lowest BCUT2D eigenvalue weighted by molar-refractivity contribution is -0.112. The normalized spacial score (nSPS) is 17.9. The Morgan fingerprint density at radius 3 is 2.57 bits per heavy atom.